The molecule has 1 aromatic carbocycles. The van der Waals surface area contributed by atoms with E-state index in [4.69, 9.17) is 0 Å². The van der Waals surface area contributed by atoms with Crippen LogP contribution in [0.15, 0.2) is 18.2 Å². The van der Waals surface area contributed by atoms with Gasteiger partial charge < -0.3 is 9.80 Å². The van der Waals surface area contributed by atoms with E-state index in [9.17, 15) is 14.0 Å². The molecule has 0 N–H and O–H groups in total. The first-order chi connectivity index (χ1) is 13.1. The minimum Gasteiger partial charge on any atom is -0.302 e. The molecule has 0 spiro atoms. The van der Waals surface area contributed by atoms with E-state index in [-0.39, 0.29) is 18.3 Å². The van der Waals surface area contributed by atoms with E-state index in [2.05, 4.69) is 4.90 Å². The summed E-state index contributed by atoms with van der Waals surface area (Å²) in [7, 11) is 0. The molecule has 27 heavy (non-hydrogen) atoms. The number of carbonyl (C=O) groups excluding carboxylic acids is 2. The zero-order chi connectivity index (χ0) is 18.8. The number of fused-ring (bicyclic) bond motifs is 1. The Morgan fingerprint density at radius 3 is 2.22 bits per heavy atom. The summed E-state index contributed by atoms with van der Waals surface area (Å²) in [6, 6.07) is 5.44. The van der Waals surface area contributed by atoms with Crippen LogP contribution in [0.3, 0.4) is 0 Å². The SMILES string of the molecule is O=C1Cc2c(F)cccc2N(C2CCN(C3CCCCCCC3)CC2)C1=O. The van der Waals surface area contributed by atoms with Gasteiger partial charge in [0.15, 0.2) is 0 Å². The van der Waals surface area contributed by atoms with Gasteiger partial charge in [-0.1, -0.05) is 38.2 Å². The summed E-state index contributed by atoms with van der Waals surface area (Å²) in [4.78, 5) is 29.0. The van der Waals surface area contributed by atoms with Gasteiger partial charge >= 0.3 is 0 Å². The third-order valence-corrected chi connectivity index (χ3v) is 6.60. The standard InChI is InChI=1S/C22H29FN2O2/c23-19-9-6-10-20-18(19)15-21(26)22(27)25(20)17-11-13-24(14-12-17)16-7-4-2-1-3-5-8-16/h6,9-10,16-17H,1-5,7-8,11-15H2. The number of rotatable bonds is 2. The first kappa shape index (κ1) is 18.6. The van der Waals surface area contributed by atoms with Crippen LogP contribution in [-0.2, 0) is 16.0 Å². The Balaban J connectivity index is 1.47. The van der Waals surface area contributed by atoms with Gasteiger partial charge in [-0.3, -0.25) is 9.59 Å². The van der Waals surface area contributed by atoms with Crippen molar-refractivity contribution >= 4 is 17.4 Å². The Morgan fingerprint density at radius 2 is 1.52 bits per heavy atom. The third kappa shape index (κ3) is 3.79. The lowest BCUT2D eigenvalue weighted by Gasteiger charge is -2.43. The van der Waals surface area contributed by atoms with Gasteiger partial charge in [0, 0.05) is 37.2 Å². The second-order valence-electron chi connectivity index (χ2n) is 8.28. The molecule has 1 aromatic rings. The minimum atomic E-state index is -0.491. The van der Waals surface area contributed by atoms with Crippen LogP contribution in [0, 0.1) is 5.82 Å². The number of likely N-dealkylation sites (tertiary alicyclic amines) is 1. The molecular weight excluding hydrogens is 343 g/mol. The van der Waals surface area contributed by atoms with Crippen molar-refractivity contribution in [2.45, 2.75) is 76.3 Å². The number of nitrogens with zero attached hydrogens (tertiary/aromatic N) is 2. The van der Waals surface area contributed by atoms with E-state index >= 15 is 0 Å². The Bertz CT molecular complexity index is 704. The monoisotopic (exact) mass is 372 g/mol. The maximum absolute atomic E-state index is 14.2. The number of ketones is 1. The average Bonchev–Trinajstić information content (AvgIpc) is 2.64. The number of hydrogen-bond donors (Lipinski definition) is 0. The number of amides is 1. The molecule has 2 fully saturated rings. The number of carbonyl (C=O) groups is 2. The van der Waals surface area contributed by atoms with Crippen LogP contribution in [0.5, 0.6) is 0 Å². The van der Waals surface area contributed by atoms with Crippen molar-refractivity contribution in [1.29, 1.82) is 0 Å². The predicted octanol–water partition coefficient (Wildman–Crippen LogP) is 3.86. The topological polar surface area (TPSA) is 40.6 Å². The van der Waals surface area contributed by atoms with Crippen molar-refractivity contribution in [3.8, 4) is 0 Å². The fraction of sp³-hybridized carbons (Fsp3) is 0.636. The van der Waals surface area contributed by atoms with Crippen molar-refractivity contribution in [3.05, 3.63) is 29.6 Å². The number of Topliss-reactive ketones (excluding diaryl/α,β-unsaturated/α-hetero) is 1. The molecule has 0 unspecified atom stereocenters. The summed E-state index contributed by atoms with van der Waals surface area (Å²) in [5.74, 6) is -1.34. The number of anilines is 1. The van der Waals surface area contributed by atoms with Gasteiger partial charge in [0.1, 0.15) is 5.82 Å². The minimum absolute atomic E-state index is 0.00731. The van der Waals surface area contributed by atoms with Crippen LogP contribution >= 0.6 is 0 Å². The Hall–Kier alpha value is -1.75. The zero-order valence-corrected chi connectivity index (χ0v) is 16.0. The number of halogens is 1. The van der Waals surface area contributed by atoms with Crippen LogP contribution in [0.1, 0.15) is 63.4 Å². The molecule has 146 valence electrons. The maximum atomic E-state index is 14.2. The van der Waals surface area contributed by atoms with Crippen LogP contribution in [0.25, 0.3) is 0 Å². The predicted molar refractivity (Wildman–Crippen MR) is 103 cm³/mol. The fourth-order valence-corrected chi connectivity index (χ4v) is 5.10. The molecular formula is C22H29FN2O2. The molecule has 1 saturated heterocycles. The van der Waals surface area contributed by atoms with E-state index < -0.39 is 11.7 Å². The highest BCUT2D eigenvalue weighted by molar-refractivity contribution is 6.43. The maximum Gasteiger partial charge on any atom is 0.294 e. The largest absolute Gasteiger partial charge is 0.302 e. The van der Waals surface area contributed by atoms with E-state index in [1.807, 2.05) is 0 Å². The highest BCUT2D eigenvalue weighted by Crippen LogP contribution is 2.34. The summed E-state index contributed by atoms with van der Waals surface area (Å²) in [5, 5.41) is 0. The van der Waals surface area contributed by atoms with Crippen molar-refractivity contribution in [1.82, 2.24) is 4.90 Å². The lowest BCUT2D eigenvalue weighted by Crippen LogP contribution is -2.53. The lowest BCUT2D eigenvalue weighted by atomic mass is 9.91. The summed E-state index contributed by atoms with van der Waals surface area (Å²) in [5.41, 5.74) is 0.980. The van der Waals surface area contributed by atoms with Crippen LogP contribution in [-0.4, -0.2) is 41.8 Å². The van der Waals surface area contributed by atoms with Gasteiger partial charge in [-0.15, -0.1) is 0 Å². The molecule has 0 atom stereocenters. The average molecular weight is 372 g/mol. The smallest absolute Gasteiger partial charge is 0.294 e. The number of piperidine rings is 1. The highest BCUT2D eigenvalue weighted by Gasteiger charge is 2.38. The normalized spacial score (nSPS) is 23.8. The molecule has 4 nitrogen and oxygen atoms in total. The van der Waals surface area contributed by atoms with Gasteiger partial charge in [-0.05, 0) is 37.8 Å². The van der Waals surface area contributed by atoms with Crippen LogP contribution in [0.4, 0.5) is 10.1 Å². The van der Waals surface area contributed by atoms with Gasteiger partial charge in [0.25, 0.3) is 5.91 Å². The van der Waals surface area contributed by atoms with Crippen molar-refractivity contribution in [2.75, 3.05) is 18.0 Å². The quantitative estimate of drug-likeness (QED) is 0.740. The van der Waals surface area contributed by atoms with Crippen LogP contribution < -0.4 is 4.90 Å². The van der Waals surface area contributed by atoms with Crippen molar-refractivity contribution < 1.29 is 14.0 Å². The molecule has 2 heterocycles. The van der Waals surface area contributed by atoms with Gasteiger partial charge in [-0.2, -0.15) is 0 Å². The molecule has 3 aliphatic rings. The van der Waals surface area contributed by atoms with E-state index in [1.165, 1.54) is 51.0 Å². The Kier molecular flexibility index (Phi) is 5.58. The first-order valence-corrected chi connectivity index (χ1v) is 10.5. The number of hydrogen-bond acceptors (Lipinski definition) is 3. The summed E-state index contributed by atoms with van der Waals surface area (Å²) < 4.78 is 14.2. The van der Waals surface area contributed by atoms with Gasteiger partial charge in [-0.25, -0.2) is 4.39 Å². The van der Waals surface area contributed by atoms with Gasteiger partial charge in [0.05, 0.1) is 5.69 Å². The fourth-order valence-electron chi connectivity index (χ4n) is 5.10. The lowest BCUT2D eigenvalue weighted by molar-refractivity contribution is -0.136. The molecule has 1 aliphatic carbocycles. The Labute approximate surface area is 160 Å². The summed E-state index contributed by atoms with van der Waals surface area (Å²) in [6.45, 7) is 1.91. The van der Waals surface area contributed by atoms with Crippen molar-refractivity contribution in [2.24, 2.45) is 0 Å². The molecule has 1 amide bonds. The molecule has 1 saturated carbocycles. The molecule has 5 heteroatoms. The second-order valence-corrected chi connectivity index (χ2v) is 8.28. The van der Waals surface area contributed by atoms with Crippen LogP contribution in [0.2, 0.25) is 0 Å². The van der Waals surface area contributed by atoms with E-state index in [0.717, 1.165) is 25.9 Å². The van der Waals surface area contributed by atoms with E-state index in [0.29, 0.717) is 17.3 Å². The van der Waals surface area contributed by atoms with Crippen molar-refractivity contribution in [3.63, 3.8) is 0 Å². The van der Waals surface area contributed by atoms with E-state index in [1.54, 1.807) is 17.0 Å². The summed E-state index contributed by atoms with van der Waals surface area (Å²) in [6.07, 6.45) is 10.8. The first-order valence-electron chi connectivity index (χ1n) is 10.5. The molecule has 4 rings (SSSR count). The zero-order valence-electron chi connectivity index (χ0n) is 16.0. The number of benzene rings is 1. The summed E-state index contributed by atoms with van der Waals surface area (Å²) >= 11 is 0. The third-order valence-electron chi connectivity index (χ3n) is 6.60. The molecule has 2 aliphatic heterocycles. The molecule has 0 aromatic heterocycles. The molecule has 0 bridgehead atoms. The highest BCUT2D eigenvalue weighted by atomic mass is 19.1. The second kappa shape index (κ2) is 8.09. The molecule has 0 radical (unpaired) electrons. The Morgan fingerprint density at radius 1 is 0.852 bits per heavy atom. The van der Waals surface area contributed by atoms with Gasteiger partial charge in [0.2, 0.25) is 5.78 Å².